The summed E-state index contributed by atoms with van der Waals surface area (Å²) in [5.41, 5.74) is -1.04. The molecule has 2 nitrogen and oxygen atoms in total. The summed E-state index contributed by atoms with van der Waals surface area (Å²) in [4.78, 5) is 10.9. The van der Waals surface area contributed by atoms with Crippen molar-refractivity contribution in [3.05, 3.63) is 32.9 Å². The second-order valence-electron chi connectivity index (χ2n) is 2.35. The molecule has 13 heavy (non-hydrogen) atoms. The van der Waals surface area contributed by atoms with E-state index < -0.39 is 24.3 Å². The maximum atomic E-state index is 12.7. The highest BCUT2D eigenvalue weighted by atomic mass is 79.9. The Labute approximate surface area is 80.1 Å². The number of rotatable bonds is 2. The van der Waals surface area contributed by atoms with Crippen molar-refractivity contribution in [1.82, 2.24) is 4.57 Å². The minimum absolute atomic E-state index is 0.255. The van der Waals surface area contributed by atoms with Gasteiger partial charge in [-0.05, 0) is 22.0 Å². The Hall–Kier alpha value is -0.780. The molecule has 1 heterocycles. The lowest BCUT2D eigenvalue weighted by Crippen LogP contribution is -2.25. The van der Waals surface area contributed by atoms with Crippen molar-refractivity contribution in [2.75, 3.05) is 0 Å². The molecule has 0 amide bonds. The predicted octanol–water partition coefficient (Wildman–Crippen LogP) is 2.01. The quantitative estimate of drug-likeness (QED) is 0.793. The van der Waals surface area contributed by atoms with Crippen molar-refractivity contribution < 1.29 is 13.2 Å². The number of alkyl halides is 2. The van der Waals surface area contributed by atoms with Gasteiger partial charge in [0, 0.05) is 10.7 Å². The molecule has 0 saturated heterocycles. The Bertz CT molecular complexity index is 363. The Morgan fingerprint density at radius 2 is 2.15 bits per heavy atom. The van der Waals surface area contributed by atoms with Gasteiger partial charge in [-0.3, -0.25) is 4.79 Å². The SMILES string of the molecule is O=c1c(F)cc(Br)cn1CC(F)F. The van der Waals surface area contributed by atoms with Crippen molar-refractivity contribution in [1.29, 1.82) is 0 Å². The average molecular weight is 256 g/mol. The van der Waals surface area contributed by atoms with Crippen molar-refractivity contribution >= 4 is 15.9 Å². The normalized spacial score (nSPS) is 10.8. The first-order chi connectivity index (χ1) is 6.00. The van der Waals surface area contributed by atoms with E-state index in [1.165, 1.54) is 0 Å². The lowest BCUT2D eigenvalue weighted by atomic mass is 10.4. The number of nitrogens with zero attached hydrogens (tertiary/aromatic N) is 1. The van der Waals surface area contributed by atoms with E-state index in [2.05, 4.69) is 15.9 Å². The Morgan fingerprint density at radius 3 is 2.69 bits per heavy atom. The summed E-state index contributed by atoms with van der Waals surface area (Å²) in [6.45, 7) is -0.796. The van der Waals surface area contributed by atoms with Crippen LogP contribution < -0.4 is 5.56 Å². The molecule has 0 unspecified atom stereocenters. The van der Waals surface area contributed by atoms with Gasteiger partial charge in [-0.1, -0.05) is 0 Å². The molecule has 1 aromatic rings. The molecular weight excluding hydrogens is 251 g/mol. The number of hydrogen-bond donors (Lipinski definition) is 0. The van der Waals surface area contributed by atoms with Crippen molar-refractivity contribution in [2.24, 2.45) is 0 Å². The van der Waals surface area contributed by atoms with Crippen LogP contribution in [0.1, 0.15) is 0 Å². The van der Waals surface area contributed by atoms with Gasteiger partial charge >= 0.3 is 0 Å². The minimum Gasteiger partial charge on any atom is -0.306 e. The van der Waals surface area contributed by atoms with Gasteiger partial charge in [0.1, 0.15) is 0 Å². The van der Waals surface area contributed by atoms with Crippen molar-refractivity contribution in [2.45, 2.75) is 13.0 Å². The van der Waals surface area contributed by atoms with Gasteiger partial charge in [-0.25, -0.2) is 13.2 Å². The number of hydrogen-bond acceptors (Lipinski definition) is 1. The van der Waals surface area contributed by atoms with Crippen LogP contribution in [-0.2, 0) is 6.54 Å². The molecule has 0 spiro atoms. The third-order valence-electron chi connectivity index (χ3n) is 1.34. The smallest absolute Gasteiger partial charge is 0.286 e. The zero-order chi connectivity index (χ0) is 10.0. The molecule has 0 aliphatic rings. The highest BCUT2D eigenvalue weighted by Crippen LogP contribution is 2.08. The third-order valence-corrected chi connectivity index (χ3v) is 1.78. The maximum absolute atomic E-state index is 12.7. The molecule has 0 aliphatic carbocycles. The Balaban J connectivity index is 3.13. The second kappa shape index (κ2) is 3.95. The minimum atomic E-state index is -2.67. The van der Waals surface area contributed by atoms with Crippen LogP contribution in [0.4, 0.5) is 13.2 Å². The summed E-state index contributed by atoms with van der Waals surface area (Å²) >= 11 is 2.89. The fraction of sp³-hybridized carbons (Fsp3) is 0.286. The predicted molar refractivity (Wildman–Crippen MR) is 44.4 cm³/mol. The van der Waals surface area contributed by atoms with E-state index in [4.69, 9.17) is 0 Å². The molecule has 0 aromatic carbocycles. The molecule has 72 valence electrons. The van der Waals surface area contributed by atoms with Gasteiger partial charge in [0.15, 0.2) is 5.82 Å². The summed E-state index contributed by atoms with van der Waals surface area (Å²) in [6, 6.07) is 0.935. The topological polar surface area (TPSA) is 22.0 Å². The molecule has 0 saturated carbocycles. The summed E-state index contributed by atoms with van der Waals surface area (Å²) in [5, 5.41) is 0. The molecule has 1 aromatic heterocycles. The molecule has 0 fully saturated rings. The van der Waals surface area contributed by atoms with Crippen LogP contribution in [0.15, 0.2) is 21.5 Å². The van der Waals surface area contributed by atoms with Crippen LogP contribution >= 0.6 is 15.9 Å². The van der Waals surface area contributed by atoms with Gasteiger partial charge in [-0.2, -0.15) is 0 Å². The molecule has 0 atom stereocenters. The molecular formula is C7H5BrF3NO. The second-order valence-corrected chi connectivity index (χ2v) is 3.27. The third kappa shape index (κ3) is 2.58. The first-order valence-electron chi connectivity index (χ1n) is 3.34. The van der Waals surface area contributed by atoms with E-state index in [1.807, 2.05) is 0 Å². The Kier molecular flexibility index (Phi) is 3.13. The monoisotopic (exact) mass is 255 g/mol. The molecule has 6 heteroatoms. The van der Waals surface area contributed by atoms with Gasteiger partial charge in [-0.15, -0.1) is 0 Å². The molecule has 0 N–H and O–H groups in total. The van der Waals surface area contributed by atoms with E-state index in [9.17, 15) is 18.0 Å². The molecule has 0 radical (unpaired) electrons. The van der Waals surface area contributed by atoms with Gasteiger partial charge in [0.25, 0.3) is 12.0 Å². The van der Waals surface area contributed by atoms with E-state index in [1.54, 1.807) is 0 Å². The van der Waals surface area contributed by atoms with Crippen LogP contribution in [0.25, 0.3) is 0 Å². The number of aromatic nitrogens is 1. The summed E-state index contributed by atoms with van der Waals surface area (Å²) in [5.74, 6) is -1.05. The molecule has 0 aliphatic heterocycles. The van der Waals surface area contributed by atoms with Gasteiger partial charge in [0.05, 0.1) is 6.54 Å². The first-order valence-corrected chi connectivity index (χ1v) is 4.13. The van der Waals surface area contributed by atoms with E-state index >= 15 is 0 Å². The van der Waals surface area contributed by atoms with Crippen molar-refractivity contribution in [3.8, 4) is 0 Å². The zero-order valence-corrected chi connectivity index (χ0v) is 7.89. The van der Waals surface area contributed by atoms with E-state index in [0.717, 1.165) is 12.3 Å². The summed E-state index contributed by atoms with van der Waals surface area (Å²) in [6.07, 6.45) is -1.55. The van der Waals surface area contributed by atoms with Crippen LogP contribution in [-0.4, -0.2) is 11.0 Å². The summed E-state index contributed by atoms with van der Waals surface area (Å²) < 4.78 is 37.3. The van der Waals surface area contributed by atoms with E-state index in [-0.39, 0.29) is 4.47 Å². The van der Waals surface area contributed by atoms with Crippen molar-refractivity contribution in [3.63, 3.8) is 0 Å². The van der Waals surface area contributed by atoms with Gasteiger partial charge < -0.3 is 4.57 Å². The largest absolute Gasteiger partial charge is 0.306 e. The van der Waals surface area contributed by atoms with Gasteiger partial charge in [0.2, 0.25) is 0 Å². The average Bonchev–Trinajstić information content (AvgIpc) is 1.98. The fourth-order valence-corrected chi connectivity index (χ4v) is 1.30. The number of halogens is 4. The lowest BCUT2D eigenvalue weighted by molar-refractivity contribution is 0.124. The number of pyridine rings is 1. The summed E-state index contributed by atoms with van der Waals surface area (Å²) in [7, 11) is 0. The van der Waals surface area contributed by atoms with Crippen LogP contribution in [0, 0.1) is 5.82 Å². The molecule has 1 rings (SSSR count). The lowest BCUT2D eigenvalue weighted by Gasteiger charge is -2.04. The zero-order valence-electron chi connectivity index (χ0n) is 6.31. The van der Waals surface area contributed by atoms with Crippen LogP contribution in [0.2, 0.25) is 0 Å². The maximum Gasteiger partial charge on any atom is 0.286 e. The van der Waals surface area contributed by atoms with E-state index in [0.29, 0.717) is 4.57 Å². The first kappa shape index (κ1) is 10.3. The fourth-order valence-electron chi connectivity index (χ4n) is 0.849. The highest BCUT2D eigenvalue weighted by Gasteiger charge is 2.09. The molecule has 0 bridgehead atoms. The standard InChI is InChI=1S/C7H5BrF3NO/c8-4-1-5(9)7(13)12(2-4)3-6(10)11/h1-2,6H,3H2. The Morgan fingerprint density at radius 1 is 1.54 bits per heavy atom. The highest BCUT2D eigenvalue weighted by molar-refractivity contribution is 9.10. The van der Waals surface area contributed by atoms with Crippen LogP contribution in [0.5, 0.6) is 0 Å². The van der Waals surface area contributed by atoms with Crippen LogP contribution in [0.3, 0.4) is 0 Å².